The van der Waals surface area contributed by atoms with Crippen molar-refractivity contribution in [3.05, 3.63) is 127 Å². The van der Waals surface area contributed by atoms with Gasteiger partial charge in [-0.15, -0.1) is 0 Å². The maximum Gasteiger partial charge on any atom is 0.449 e. The Bertz CT molecular complexity index is 1940. The highest BCUT2D eigenvalue weighted by atomic mass is 19.4. The molecule has 266 valence electrons. The third-order valence-corrected chi connectivity index (χ3v) is 9.65. The van der Waals surface area contributed by atoms with Gasteiger partial charge in [0.05, 0.1) is 43.5 Å². The first-order chi connectivity index (χ1) is 23.9. The van der Waals surface area contributed by atoms with Crippen molar-refractivity contribution in [2.24, 2.45) is 0 Å². The topological polar surface area (TPSA) is 119 Å². The van der Waals surface area contributed by atoms with Crippen molar-refractivity contribution in [3.8, 4) is 0 Å². The van der Waals surface area contributed by atoms with Crippen molar-refractivity contribution in [2.45, 2.75) is 76.7 Å². The second kappa shape index (κ2) is 14.4. The minimum absolute atomic E-state index is 0.0448. The number of carboxylic acid groups (broad SMARTS) is 1. The van der Waals surface area contributed by atoms with Crippen LogP contribution in [0.15, 0.2) is 74.7 Å². The van der Waals surface area contributed by atoms with E-state index in [-0.39, 0.29) is 38.4 Å². The van der Waals surface area contributed by atoms with Crippen molar-refractivity contribution < 1.29 is 36.6 Å². The minimum atomic E-state index is -4.59. The average Bonchev–Trinajstić information content (AvgIpc) is 3.70. The Hall–Kier alpha value is -4.53. The van der Waals surface area contributed by atoms with Gasteiger partial charge in [0.2, 0.25) is 5.76 Å². The summed E-state index contributed by atoms with van der Waals surface area (Å²) in [4.78, 5) is 41.9. The van der Waals surface area contributed by atoms with E-state index in [4.69, 9.17) is 14.3 Å². The molecule has 1 saturated heterocycles. The Kier molecular flexibility index (Phi) is 10.1. The molecule has 50 heavy (non-hydrogen) atoms. The van der Waals surface area contributed by atoms with Crippen molar-refractivity contribution in [1.29, 1.82) is 0 Å². The van der Waals surface area contributed by atoms with Gasteiger partial charge in [0.25, 0.3) is 5.56 Å². The predicted octanol–water partition coefficient (Wildman–Crippen LogP) is 5.33. The Morgan fingerprint density at radius 2 is 1.74 bits per heavy atom. The summed E-state index contributed by atoms with van der Waals surface area (Å²) in [6, 6.07) is 15.5. The van der Waals surface area contributed by atoms with E-state index in [9.17, 15) is 27.6 Å². The van der Waals surface area contributed by atoms with Crippen molar-refractivity contribution >= 4 is 5.97 Å². The molecule has 4 heterocycles. The molecule has 1 fully saturated rings. The molecule has 0 unspecified atom stereocenters. The van der Waals surface area contributed by atoms with E-state index < -0.39 is 46.6 Å². The van der Waals surface area contributed by atoms with Crippen LogP contribution in [0.3, 0.4) is 0 Å². The number of aliphatic carboxylic acids is 1. The van der Waals surface area contributed by atoms with E-state index >= 15 is 4.39 Å². The Morgan fingerprint density at radius 1 is 1.00 bits per heavy atom. The van der Waals surface area contributed by atoms with Gasteiger partial charge < -0.3 is 19.6 Å². The molecule has 0 amide bonds. The van der Waals surface area contributed by atoms with Crippen LogP contribution in [0.2, 0.25) is 0 Å². The number of furan rings is 1. The van der Waals surface area contributed by atoms with Crippen molar-refractivity contribution in [1.82, 2.24) is 19.4 Å². The molecule has 10 nitrogen and oxygen atoms in total. The molecule has 2 N–H and O–H groups in total. The van der Waals surface area contributed by atoms with Crippen LogP contribution in [0.1, 0.15) is 71.2 Å². The molecular weight excluding hydrogens is 660 g/mol. The van der Waals surface area contributed by atoms with E-state index in [2.05, 4.69) is 5.32 Å². The number of carboxylic acids is 1. The molecule has 2 aromatic carbocycles. The molecule has 4 aromatic rings. The van der Waals surface area contributed by atoms with Gasteiger partial charge in [0.1, 0.15) is 17.2 Å². The standard InChI is InChI=1S/C36H38F4N4O6/c1-23-7-5-10-27(37)26(23)20-43-29-22-49-35(14-17-42(18-15-35)19-25-12-13-30(50-25)36(38,39)40)32(29)33(47)44(34(43)48)21-28(24-8-3-2-4-9-24)41-16-6-11-31(45)46/h2-5,7-10,12-13,28,41H,6,11,14-22H2,1H3,(H,45,46)/t28-/m0/s1. The third kappa shape index (κ3) is 7.32. The number of carbonyl (C=O) groups is 1. The monoisotopic (exact) mass is 698 g/mol. The largest absolute Gasteiger partial charge is 0.481 e. The lowest BCUT2D eigenvalue weighted by Gasteiger charge is -2.38. The number of hydrogen-bond acceptors (Lipinski definition) is 7. The summed E-state index contributed by atoms with van der Waals surface area (Å²) in [5, 5.41) is 12.4. The molecule has 6 rings (SSSR count). The first-order valence-corrected chi connectivity index (χ1v) is 16.5. The van der Waals surface area contributed by atoms with Crippen LogP contribution in [-0.2, 0) is 47.5 Å². The lowest BCUT2D eigenvalue weighted by Crippen LogP contribution is -2.50. The fourth-order valence-corrected chi connectivity index (χ4v) is 6.95. The maximum absolute atomic E-state index is 15.2. The fraction of sp³-hybridized carbons (Fsp3) is 0.417. The summed E-state index contributed by atoms with van der Waals surface area (Å²) in [5.74, 6) is -2.32. The maximum atomic E-state index is 15.2. The Labute approximate surface area is 284 Å². The van der Waals surface area contributed by atoms with E-state index in [1.807, 2.05) is 35.2 Å². The van der Waals surface area contributed by atoms with Crippen LogP contribution < -0.4 is 16.6 Å². The molecule has 1 spiro atoms. The lowest BCUT2D eigenvalue weighted by atomic mass is 9.85. The molecule has 2 aliphatic heterocycles. The zero-order valence-corrected chi connectivity index (χ0v) is 27.5. The van der Waals surface area contributed by atoms with Gasteiger partial charge in [-0.1, -0.05) is 42.5 Å². The van der Waals surface area contributed by atoms with Gasteiger partial charge in [-0.3, -0.25) is 23.6 Å². The SMILES string of the molecule is Cc1cccc(F)c1Cn1c2c(c(=O)n(C[C@H](NCCCC(=O)O)c3ccccc3)c1=O)C1(CCN(Cc3ccc(C(F)(F)F)o3)CC1)OC2. The minimum Gasteiger partial charge on any atom is -0.481 e. The number of benzene rings is 2. The number of alkyl halides is 3. The number of likely N-dealkylation sites (tertiary alicyclic amines) is 1. The number of halogens is 4. The number of nitrogens with zero attached hydrogens (tertiary/aromatic N) is 3. The zero-order chi connectivity index (χ0) is 35.6. The van der Waals surface area contributed by atoms with Crippen LogP contribution in [0.5, 0.6) is 0 Å². The molecule has 0 bridgehead atoms. The van der Waals surface area contributed by atoms with Crippen molar-refractivity contribution in [3.63, 3.8) is 0 Å². The zero-order valence-electron chi connectivity index (χ0n) is 27.5. The van der Waals surface area contributed by atoms with E-state index in [1.54, 1.807) is 19.1 Å². The molecule has 1 atom stereocenters. The van der Waals surface area contributed by atoms with Crippen LogP contribution >= 0.6 is 0 Å². The summed E-state index contributed by atoms with van der Waals surface area (Å²) in [6.07, 6.45) is -3.65. The summed E-state index contributed by atoms with van der Waals surface area (Å²) >= 11 is 0. The molecular formula is C36H38F4N4O6. The fourth-order valence-electron chi connectivity index (χ4n) is 6.95. The van der Waals surface area contributed by atoms with Gasteiger partial charge in [0, 0.05) is 25.1 Å². The number of fused-ring (bicyclic) bond motifs is 2. The lowest BCUT2D eigenvalue weighted by molar-refractivity contribution is -0.153. The average molecular weight is 699 g/mol. The first kappa shape index (κ1) is 35.3. The summed E-state index contributed by atoms with van der Waals surface area (Å²) in [5.41, 5.74) is 0.214. The number of hydrogen-bond donors (Lipinski definition) is 2. The third-order valence-electron chi connectivity index (χ3n) is 9.65. The van der Waals surface area contributed by atoms with Gasteiger partial charge >= 0.3 is 17.8 Å². The normalized spacial score (nSPS) is 16.5. The number of piperidine rings is 1. The quantitative estimate of drug-likeness (QED) is 0.151. The molecule has 2 aromatic heterocycles. The second-order valence-corrected chi connectivity index (χ2v) is 12.9. The molecule has 0 saturated carbocycles. The first-order valence-electron chi connectivity index (χ1n) is 16.5. The molecule has 0 radical (unpaired) electrons. The number of aromatic nitrogens is 2. The molecule has 0 aliphatic carbocycles. The van der Waals surface area contributed by atoms with Gasteiger partial charge in [-0.25, -0.2) is 9.18 Å². The van der Waals surface area contributed by atoms with Gasteiger partial charge in [-0.2, -0.15) is 13.2 Å². The summed E-state index contributed by atoms with van der Waals surface area (Å²) in [6.45, 7) is 2.70. The predicted molar refractivity (Wildman–Crippen MR) is 174 cm³/mol. The highest BCUT2D eigenvalue weighted by molar-refractivity contribution is 5.66. The highest BCUT2D eigenvalue weighted by Gasteiger charge is 2.47. The molecule has 2 aliphatic rings. The number of rotatable bonds is 12. The Morgan fingerprint density at radius 3 is 2.40 bits per heavy atom. The molecule has 14 heteroatoms. The number of ether oxygens (including phenoxy) is 1. The van der Waals surface area contributed by atoms with Gasteiger partial charge in [-0.05, 0) is 62.1 Å². The van der Waals surface area contributed by atoms with Crippen molar-refractivity contribution in [2.75, 3.05) is 19.6 Å². The summed E-state index contributed by atoms with van der Waals surface area (Å²) < 4.78 is 68.4. The van der Waals surface area contributed by atoms with E-state index in [0.29, 0.717) is 61.3 Å². The van der Waals surface area contributed by atoms with E-state index in [1.165, 1.54) is 16.7 Å². The number of aryl methyl sites for hydroxylation is 1. The van der Waals surface area contributed by atoms with Crippen LogP contribution in [0.4, 0.5) is 17.6 Å². The second-order valence-electron chi connectivity index (χ2n) is 12.9. The van der Waals surface area contributed by atoms with E-state index in [0.717, 1.165) is 16.2 Å². The van der Waals surface area contributed by atoms with Crippen LogP contribution in [0.25, 0.3) is 0 Å². The number of nitrogens with one attached hydrogen (secondary N) is 1. The van der Waals surface area contributed by atoms with Crippen LogP contribution in [0, 0.1) is 12.7 Å². The summed E-state index contributed by atoms with van der Waals surface area (Å²) in [7, 11) is 0. The Balaban J connectivity index is 1.36. The van der Waals surface area contributed by atoms with Crippen LogP contribution in [-0.4, -0.2) is 44.7 Å². The van der Waals surface area contributed by atoms with Gasteiger partial charge in [0.15, 0.2) is 0 Å². The smallest absolute Gasteiger partial charge is 0.449 e. The highest BCUT2D eigenvalue weighted by Crippen LogP contribution is 2.43.